The molecule has 0 saturated carbocycles. The lowest BCUT2D eigenvalue weighted by molar-refractivity contribution is -0.566. The van der Waals surface area contributed by atoms with Crippen LogP contribution < -0.4 is 19.9 Å². The first-order valence-electron chi connectivity index (χ1n) is 9.98. The number of ether oxygens (including phenoxy) is 2. The molecule has 0 unspecified atom stereocenters. The first-order chi connectivity index (χ1) is 15.6. The van der Waals surface area contributed by atoms with E-state index in [2.05, 4.69) is 0 Å². The molecule has 162 valence electrons. The molecular formula is C24H20N2O6. The van der Waals surface area contributed by atoms with Crippen molar-refractivity contribution in [2.45, 2.75) is 6.92 Å². The minimum Gasteiger partial charge on any atom is -0.618 e. The van der Waals surface area contributed by atoms with Gasteiger partial charge in [-0.1, -0.05) is 30.3 Å². The van der Waals surface area contributed by atoms with Crippen LogP contribution in [-0.2, 0) is 9.53 Å². The lowest BCUT2D eigenvalue weighted by Gasteiger charge is -2.14. The van der Waals surface area contributed by atoms with Gasteiger partial charge in [0.25, 0.3) is 5.69 Å². The van der Waals surface area contributed by atoms with Gasteiger partial charge >= 0.3 is 11.5 Å². The molecule has 4 aromatic rings. The van der Waals surface area contributed by atoms with E-state index in [1.54, 1.807) is 55.5 Å². The molecule has 4 rings (SSSR count). The summed E-state index contributed by atoms with van der Waals surface area (Å²) in [7, 11) is 0. The molecule has 0 bridgehead atoms. The van der Waals surface area contributed by atoms with Gasteiger partial charge in [0.1, 0.15) is 11.5 Å². The predicted octanol–water partition coefficient (Wildman–Crippen LogP) is 3.09. The van der Waals surface area contributed by atoms with Crippen LogP contribution in [0.4, 0.5) is 0 Å². The van der Waals surface area contributed by atoms with Crippen molar-refractivity contribution in [3.8, 4) is 22.8 Å². The average molecular weight is 432 g/mol. The fourth-order valence-corrected chi connectivity index (χ4v) is 3.21. The van der Waals surface area contributed by atoms with Crippen molar-refractivity contribution >= 4 is 17.0 Å². The van der Waals surface area contributed by atoms with Crippen LogP contribution in [0.3, 0.4) is 0 Å². The molecule has 0 aliphatic rings. The number of rotatable bonds is 7. The van der Waals surface area contributed by atoms with Crippen molar-refractivity contribution in [3.63, 3.8) is 0 Å². The Hall–Kier alpha value is -4.33. The van der Waals surface area contributed by atoms with Gasteiger partial charge in [-0.15, -0.1) is 4.73 Å². The zero-order chi connectivity index (χ0) is 22.5. The zero-order valence-electron chi connectivity index (χ0n) is 17.3. The van der Waals surface area contributed by atoms with Gasteiger partial charge in [0.2, 0.25) is 12.1 Å². The number of nitrogens with zero attached hydrogens (tertiary/aromatic N) is 2. The largest absolute Gasteiger partial charge is 0.618 e. The SMILES string of the molecule is CCOC(=O)COn1c(=O)c(-c2ccc(Oc3ccccc3)cc2)[n+]([O-])c2ccccc21. The number of esters is 1. The van der Waals surface area contributed by atoms with E-state index in [1.165, 1.54) is 0 Å². The molecule has 1 heterocycles. The first kappa shape index (κ1) is 20.9. The molecule has 0 saturated heterocycles. The standard InChI is InChI=1S/C24H20N2O6/c1-2-30-22(27)16-31-26-21-11-7-6-10-20(21)25(29)23(24(26)28)17-12-14-19(15-13-17)32-18-8-4-3-5-9-18/h3-15H,2,16H2,1H3. The normalized spacial score (nSPS) is 10.7. The second-order valence-electron chi connectivity index (χ2n) is 6.75. The maximum Gasteiger partial charge on any atom is 0.357 e. The summed E-state index contributed by atoms with van der Waals surface area (Å²) in [6, 6.07) is 22.3. The van der Waals surface area contributed by atoms with Crippen molar-refractivity contribution in [2.24, 2.45) is 0 Å². The molecule has 3 aromatic carbocycles. The summed E-state index contributed by atoms with van der Waals surface area (Å²) in [6.45, 7) is 1.39. The monoisotopic (exact) mass is 432 g/mol. The number of hydrogen-bond donors (Lipinski definition) is 0. The Balaban J connectivity index is 1.73. The van der Waals surface area contributed by atoms with Crippen LogP contribution in [0.15, 0.2) is 83.7 Å². The van der Waals surface area contributed by atoms with Gasteiger partial charge in [-0.25, -0.2) is 4.79 Å². The van der Waals surface area contributed by atoms with Crippen LogP contribution >= 0.6 is 0 Å². The third kappa shape index (κ3) is 4.24. The molecule has 0 atom stereocenters. The van der Waals surface area contributed by atoms with Gasteiger partial charge in [0.15, 0.2) is 5.52 Å². The summed E-state index contributed by atoms with van der Waals surface area (Å²) in [5.41, 5.74) is 0.00310. The highest BCUT2D eigenvalue weighted by Gasteiger charge is 2.24. The fourth-order valence-electron chi connectivity index (χ4n) is 3.21. The molecule has 0 aliphatic heterocycles. The van der Waals surface area contributed by atoms with Crippen LogP contribution in [0.2, 0.25) is 0 Å². The van der Waals surface area contributed by atoms with E-state index in [0.717, 1.165) is 4.73 Å². The average Bonchev–Trinajstić information content (AvgIpc) is 2.81. The van der Waals surface area contributed by atoms with E-state index in [1.807, 2.05) is 30.3 Å². The van der Waals surface area contributed by atoms with E-state index >= 15 is 0 Å². The zero-order valence-corrected chi connectivity index (χ0v) is 17.3. The van der Waals surface area contributed by atoms with Gasteiger partial charge in [0.05, 0.1) is 12.2 Å². The topological polar surface area (TPSA) is 93.7 Å². The Morgan fingerprint density at radius 1 is 0.938 bits per heavy atom. The molecule has 8 heteroatoms. The molecule has 32 heavy (non-hydrogen) atoms. The first-order valence-corrected chi connectivity index (χ1v) is 9.98. The van der Waals surface area contributed by atoms with Crippen molar-refractivity contribution in [2.75, 3.05) is 13.2 Å². The highest BCUT2D eigenvalue weighted by atomic mass is 16.7. The summed E-state index contributed by atoms with van der Waals surface area (Å²) in [5, 5.41) is 13.0. The van der Waals surface area contributed by atoms with Crippen LogP contribution in [0.5, 0.6) is 11.5 Å². The summed E-state index contributed by atoms with van der Waals surface area (Å²) >= 11 is 0. The Kier molecular flexibility index (Phi) is 6.03. The van der Waals surface area contributed by atoms with Gasteiger partial charge < -0.3 is 19.5 Å². The minimum atomic E-state index is -0.695. The smallest absolute Gasteiger partial charge is 0.357 e. The Bertz CT molecular complexity index is 1300. The number of carbonyl (C=O) groups excluding carboxylic acids is 1. The summed E-state index contributed by atoms with van der Waals surface area (Å²) in [6.07, 6.45) is 0. The third-order valence-corrected chi connectivity index (χ3v) is 4.63. The Labute approximate surface area is 183 Å². The molecule has 0 fully saturated rings. The predicted molar refractivity (Wildman–Crippen MR) is 117 cm³/mol. The summed E-state index contributed by atoms with van der Waals surface area (Å²) in [5.74, 6) is 0.600. The van der Waals surface area contributed by atoms with Gasteiger partial charge in [-0.3, -0.25) is 4.79 Å². The van der Waals surface area contributed by atoms with E-state index < -0.39 is 18.1 Å². The molecular weight excluding hydrogens is 412 g/mol. The maximum atomic E-state index is 13.2. The van der Waals surface area contributed by atoms with Crippen LogP contribution in [0.25, 0.3) is 22.3 Å². The molecule has 1 aromatic heterocycles. The van der Waals surface area contributed by atoms with Gasteiger partial charge in [0, 0.05) is 6.07 Å². The lowest BCUT2D eigenvalue weighted by atomic mass is 10.1. The number of carbonyl (C=O) groups is 1. The maximum absolute atomic E-state index is 13.2. The summed E-state index contributed by atoms with van der Waals surface area (Å²) in [4.78, 5) is 30.4. The number of aromatic nitrogens is 2. The number of fused-ring (bicyclic) bond motifs is 1. The Morgan fingerprint density at radius 2 is 1.59 bits per heavy atom. The van der Waals surface area contributed by atoms with E-state index in [4.69, 9.17) is 14.3 Å². The quantitative estimate of drug-likeness (QED) is 0.253. The number of benzene rings is 3. The van der Waals surface area contributed by atoms with Crippen LogP contribution in [-0.4, -0.2) is 23.9 Å². The van der Waals surface area contributed by atoms with E-state index in [9.17, 15) is 14.8 Å². The van der Waals surface area contributed by atoms with Crippen LogP contribution in [0, 0.1) is 5.21 Å². The van der Waals surface area contributed by atoms with Gasteiger partial charge in [-0.2, -0.15) is 4.73 Å². The van der Waals surface area contributed by atoms with Crippen LogP contribution in [0.1, 0.15) is 6.92 Å². The number of para-hydroxylation sites is 3. The van der Waals surface area contributed by atoms with E-state index in [-0.39, 0.29) is 23.3 Å². The van der Waals surface area contributed by atoms with Gasteiger partial charge in [-0.05, 0) is 49.4 Å². The second-order valence-corrected chi connectivity index (χ2v) is 6.75. The molecule has 0 N–H and O–H groups in total. The minimum absolute atomic E-state index is 0.140. The van der Waals surface area contributed by atoms with E-state index in [0.29, 0.717) is 21.8 Å². The Morgan fingerprint density at radius 3 is 2.31 bits per heavy atom. The molecule has 0 aliphatic carbocycles. The highest BCUT2D eigenvalue weighted by Crippen LogP contribution is 2.24. The fraction of sp³-hybridized carbons (Fsp3) is 0.125. The van der Waals surface area contributed by atoms with Crippen molar-refractivity contribution < 1.29 is 23.8 Å². The number of hydrogen-bond acceptors (Lipinski definition) is 6. The molecule has 0 spiro atoms. The van der Waals surface area contributed by atoms with Crippen molar-refractivity contribution in [1.29, 1.82) is 0 Å². The molecule has 0 radical (unpaired) electrons. The third-order valence-electron chi connectivity index (χ3n) is 4.63. The highest BCUT2D eigenvalue weighted by molar-refractivity contribution is 5.74. The second kappa shape index (κ2) is 9.22. The van der Waals surface area contributed by atoms with Crippen molar-refractivity contribution in [3.05, 3.63) is 94.4 Å². The molecule has 0 amide bonds. The van der Waals surface area contributed by atoms with Crippen molar-refractivity contribution in [1.82, 2.24) is 4.73 Å². The molecule has 8 nitrogen and oxygen atoms in total. The summed E-state index contributed by atoms with van der Waals surface area (Å²) < 4.78 is 12.1. The lowest BCUT2D eigenvalue weighted by Crippen LogP contribution is -2.43.